The van der Waals surface area contributed by atoms with Crippen LogP contribution in [0.3, 0.4) is 0 Å². The van der Waals surface area contributed by atoms with E-state index < -0.39 is 11.8 Å². The van der Waals surface area contributed by atoms with Crippen LogP contribution in [0.2, 0.25) is 10.0 Å². The highest BCUT2D eigenvalue weighted by Gasteiger charge is 2.19. The Morgan fingerprint density at radius 2 is 2.04 bits per heavy atom. The summed E-state index contributed by atoms with van der Waals surface area (Å²) in [5, 5.41) is 14.7. The monoisotopic (exact) mass is 380 g/mol. The number of aromatic nitrogens is 2. The van der Waals surface area contributed by atoms with Crippen LogP contribution in [0.1, 0.15) is 16.1 Å². The van der Waals surface area contributed by atoms with E-state index in [0.29, 0.717) is 16.3 Å². The van der Waals surface area contributed by atoms with Crippen LogP contribution in [0.4, 0.5) is 4.39 Å². The van der Waals surface area contributed by atoms with Crippen LogP contribution in [0.15, 0.2) is 48.7 Å². The summed E-state index contributed by atoms with van der Waals surface area (Å²) < 4.78 is 19.6. The number of carbonyl (C=O) groups is 1. The number of hydrogen-bond donors (Lipinski definition) is 1. The van der Waals surface area contributed by atoms with Gasteiger partial charge in [-0.15, -0.1) is 0 Å². The molecule has 0 saturated heterocycles. The number of benzene rings is 2. The lowest BCUT2D eigenvalue weighted by molar-refractivity contribution is 0.0461. The van der Waals surface area contributed by atoms with Crippen LogP contribution < -0.4 is 0 Å². The third kappa shape index (κ3) is 3.92. The van der Waals surface area contributed by atoms with Crippen molar-refractivity contribution in [1.82, 2.24) is 9.78 Å². The number of nitrogens with zero attached hydrogens (tertiary/aromatic N) is 2. The second kappa shape index (κ2) is 7.13. The number of hydrogen-bond acceptors (Lipinski definition) is 4. The molecule has 1 heterocycles. The van der Waals surface area contributed by atoms with Crippen molar-refractivity contribution in [1.29, 1.82) is 0 Å². The smallest absolute Gasteiger partial charge is 0.363 e. The Morgan fingerprint density at radius 1 is 1.24 bits per heavy atom. The molecule has 3 aromatic rings. The Morgan fingerprint density at radius 3 is 2.80 bits per heavy atom. The van der Waals surface area contributed by atoms with Crippen molar-refractivity contribution >= 4 is 29.2 Å². The van der Waals surface area contributed by atoms with Gasteiger partial charge in [-0.2, -0.15) is 5.10 Å². The summed E-state index contributed by atoms with van der Waals surface area (Å²) in [4.78, 5) is 12.1. The van der Waals surface area contributed by atoms with E-state index in [1.807, 2.05) is 0 Å². The average molecular weight is 381 g/mol. The molecule has 0 spiro atoms. The first-order valence-corrected chi connectivity index (χ1v) is 7.85. The lowest BCUT2D eigenvalue weighted by atomic mass is 10.2. The summed E-state index contributed by atoms with van der Waals surface area (Å²) in [6.45, 7) is -0.251. The van der Waals surface area contributed by atoms with Gasteiger partial charge in [-0.05, 0) is 36.4 Å². The minimum Gasteiger partial charge on any atom is -0.504 e. The van der Waals surface area contributed by atoms with Crippen molar-refractivity contribution in [2.45, 2.75) is 6.61 Å². The highest BCUT2D eigenvalue weighted by atomic mass is 35.5. The fraction of sp³-hybridized carbons (Fsp3) is 0.0588. The molecule has 2 aromatic carbocycles. The fourth-order valence-electron chi connectivity index (χ4n) is 2.13. The molecule has 8 heteroatoms. The summed E-state index contributed by atoms with van der Waals surface area (Å²) >= 11 is 11.8. The van der Waals surface area contributed by atoms with Gasteiger partial charge in [-0.1, -0.05) is 29.3 Å². The lowest BCUT2D eigenvalue weighted by Crippen LogP contribution is -2.08. The molecule has 0 aliphatic carbocycles. The fourth-order valence-corrected chi connectivity index (χ4v) is 2.48. The zero-order chi connectivity index (χ0) is 18.0. The molecule has 0 aliphatic heterocycles. The predicted octanol–water partition coefficient (Wildman–Crippen LogP) is 4.38. The molecule has 0 amide bonds. The van der Waals surface area contributed by atoms with Gasteiger partial charge >= 0.3 is 5.97 Å². The van der Waals surface area contributed by atoms with Crippen LogP contribution >= 0.6 is 23.2 Å². The Hall–Kier alpha value is -2.57. The lowest BCUT2D eigenvalue weighted by Gasteiger charge is -2.05. The van der Waals surface area contributed by atoms with Crippen molar-refractivity contribution in [3.63, 3.8) is 0 Å². The van der Waals surface area contributed by atoms with Gasteiger partial charge in [0.15, 0.2) is 5.75 Å². The quantitative estimate of drug-likeness (QED) is 0.682. The van der Waals surface area contributed by atoms with Crippen LogP contribution in [-0.4, -0.2) is 20.9 Å². The molecule has 0 bridgehead atoms. The summed E-state index contributed by atoms with van der Waals surface area (Å²) in [5.41, 5.74) is 0.603. The SMILES string of the molecule is O=C(OCc1cc(F)ccc1Cl)c1nn(-c2cccc(Cl)c2)cc1O. The van der Waals surface area contributed by atoms with E-state index in [2.05, 4.69) is 5.10 Å². The van der Waals surface area contributed by atoms with Crippen LogP contribution in [0, 0.1) is 5.82 Å². The molecule has 5 nitrogen and oxygen atoms in total. The molecule has 0 fully saturated rings. The summed E-state index contributed by atoms with van der Waals surface area (Å²) in [7, 11) is 0. The van der Waals surface area contributed by atoms with Crippen molar-refractivity contribution in [3.8, 4) is 11.4 Å². The van der Waals surface area contributed by atoms with E-state index in [1.54, 1.807) is 24.3 Å². The highest BCUT2D eigenvalue weighted by Crippen LogP contribution is 2.22. The number of esters is 1. The number of halogens is 3. The zero-order valence-electron chi connectivity index (χ0n) is 12.6. The van der Waals surface area contributed by atoms with Crippen LogP contribution in [0.5, 0.6) is 5.75 Å². The van der Waals surface area contributed by atoms with Crippen molar-refractivity contribution in [2.75, 3.05) is 0 Å². The van der Waals surface area contributed by atoms with Gasteiger partial charge in [-0.25, -0.2) is 13.9 Å². The maximum atomic E-state index is 13.2. The Kier molecular flexibility index (Phi) is 4.92. The van der Waals surface area contributed by atoms with E-state index in [4.69, 9.17) is 27.9 Å². The standard InChI is InChI=1S/C17H11Cl2FN2O3/c18-11-2-1-3-13(7-11)22-8-15(23)16(21-22)17(24)25-9-10-6-12(20)4-5-14(10)19/h1-8,23H,9H2. The second-order valence-corrected chi connectivity index (χ2v) is 5.94. The van der Waals surface area contributed by atoms with E-state index >= 15 is 0 Å². The maximum absolute atomic E-state index is 13.2. The number of carbonyl (C=O) groups excluding carboxylic acids is 1. The van der Waals surface area contributed by atoms with E-state index in [1.165, 1.54) is 29.1 Å². The maximum Gasteiger partial charge on any atom is 0.363 e. The predicted molar refractivity (Wildman–Crippen MR) is 90.8 cm³/mol. The van der Waals surface area contributed by atoms with Crippen molar-refractivity contribution < 1.29 is 19.0 Å². The molecule has 0 atom stereocenters. The molecule has 1 N–H and O–H groups in total. The molecular weight excluding hydrogens is 370 g/mol. The van der Waals surface area contributed by atoms with E-state index in [0.717, 1.165) is 0 Å². The topological polar surface area (TPSA) is 64.3 Å². The molecule has 0 unspecified atom stereocenters. The Bertz CT molecular complexity index is 943. The zero-order valence-corrected chi connectivity index (χ0v) is 14.1. The van der Waals surface area contributed by atoms with Crippen molar-refractivity contribution in [3.05, 3.63) is 75.8 Å². The molecular formula is C17H11Cl2FN2O3. The molecule has 128 valence electrons. The Labute approximate surface area is 152 Å². The number of ether oxygens (including phenoxy) is 1. The molecule has 0 aliphatic rings. The minimum absolute atomic E-state index is 0.251. The number of aromatic hydroxyl groups is 1. The third-order valence-corrected chi connectivity index (χ3v) is 3.93. The van der Waals surface area contributed by atoms with E-state index in [-0.39, 0.29) is 23.1 Å². The minimum atomic E-state index is -0.862. The largest absolute Gasteiger partial charge is 0.504 e. The van der Waals surface area contributed by atoms with Crippen molar-refractivity contribution in [2.24, 2.45) is 0 Å². The first-order valence-electron chi connectivity index (χ1n) is 7.09. The molecule has 0 radical (unpaired) electrons. The Balaban J connectivity index is 1.78. The van der Waals surface area contributed by atoms with Gasteiger partial charge in [0.05, 0.1) is 11.9 Å². The van der Waals surface area contributed by atoms with Gasteiger partial charge < -0.3 is 9.84 Å². The average Bonchev–Trinajstić information content (AvgIpc) is 2.97. The van der Waals surface area contributed by atoms with Crippen LogP contribution in [0.25, 0.3) is 5.69 Å². The molecule has 25 heavy (non-hydrogen) atoms. The van der Waals surface area contributed by atoms with Gasteiger partial charge in [0.2, 0.25) is 5.69 Å². The highest BCUT2D eigenvalue weighted by molar-refractivity contribution is 6.31. The molecule has 3 rings (SSSR count). The summed E-state index contributed by atoms with van der Waals surface area (Å²) in [6, 6.07) is 10.5. The number of rotatable bonds is 4. The van der Waals surface area contributed by atoms with Gasteiger partial charge in [0, 0.05) is 15.6 Å². The van der Waals surface area contributed by atoms with Crippen LogP contribution in [-0.2, 0) is 11.3 Å². The van der Waals surface area contributed by atoms with E-state index in [9.17, 15) is 14.3 Å². The third-order valence-electron chi connectivity index (χ3n) is 3.33. The first-order chi connectivity index (χ1) is 11.9. The second-order valence-electron chi connectivity index (χ2n) is 5.10. The normalized spacial score (nSPS) is 10.7. The van der Waals surface area contributed by atoms with Gasteiger partial charge in [0.25, 0.3) is 0 Å². The summed E-state index contributed by atoms with van der Waals surface area (Å²) in [5.74, 6) is -1.71. The van der Waals surface area contributed by atoms with Gasteiger partial charge in [-0.3, -0.25) is 0 Å². The molecule has 1 aromatic heterocycles. The summed E-state index contributed by atoms with van der Waals surface area (Å²) in [6.07, 6.45) is 1.26. The molecule has 0 saturated carbocycles. The first kappa shape index (κ1) is 17.3. The van der Waals surface area contributed by atoms with Gasteiger partial charge in [0.1, 0.15) is 12.4 Å².